The van der Waals surface area contributed by atoms with Crippen LogP contribution in [0.15, 0.2) is 77.8 Å². The molecule has 1 aromatic heterocycles. The first-order valence-corrected chi connectivity index (χ1v) is 15.1. The molecule has 3 aromatic rings. The largest absolute Gasteiger partial charge is 0.493 e. The van der Waals surface area contributed by atoms with Gasteiger partial charge in [0, 0.05) is 31.2 Å². The van der Waals surface area contributed by atoms with Gasteiger partial charge in [-0.25, -0.2) is 18.9 Å². The van der Waals surface area contributed by atoms with Gasteiger partial charge in [-0.05, 0) is 55.9 Å². The molecule has 40 heavy (non-hydrogen) atoms. The number of sulfone groups is 1. The number of carbonyl (C=O) groups is 1. The molecular formula is C30H36N2O7S. The second kappa shape index (κ2) is 14.1. The van der Waals surface area contributed by atoms with Crippen molar-refractivity contribution in [1.82, 2.24) is 10.5 Å². The Morgan fingerprint density at radius 2 is 1.75 bits per heavy atom. The van der Waals surface area contributed by atoms with E-state index in [9.17, 15) is 13.2 Å². The number of pyridine rings is 1. The Hall–Kier alpha value is -3.63. The van der Waals surface area contributed by atoms with Gasteiger partial charge in [-0.2, -0.15) is 0 Å². The van der Waals surface area contributed by atoms with E-state index in [1.54, 1.807) is 23.8 Å². The molecule has 1 aliphatic rings. The lowest BCUT2D eigenvalue weighted by atomic mass is 10.1. The van der Waals surface area contributed by atoms with Crippen LogP contribution in [-0.4, -0.2) is 49.1 Å². The summed E-state index contributed by atoms with van der Waals surface area (Å²) in [6, 6.07) is 20.0. The molecule has 1 fully saturated rings. The zero-order valence-electron chi connectivity index (χ0n) is 22.6. The van der Waals surface area contributed by atoms with E-state index in [0.29, 0.717) is 30.2 Å². The fraction of sp³-hybridized carbons (Fsp3) is 0.400. The van der Waals surface area contributed by atoms with Crippen molar-refractivity contribution in [3.63, 3.8) is 0 Å². The molecule has 0 radical (unpaired) electrons. The van der Waals surface area contributed by atoms with Gasteiger partial charge in [0.05, 0.1) is 17.3 Å². The number of aryl methyl sites for hydroxylation is 1. The summed E-state index contributed by atoms with van der Waals surface area (Å²) in [7, 11) is -2.43. The summed E-state index contributed by atoms with van der Waals surface area (Å²) in [5, 5.41) is 8.08. The SMILES string of the molecule is COc1ccc(S(=O)(=O)C(CCCCc2ccccc2)CC(=O)NO)cc1O[C@@H]1CC[C@@H](Oc2ccccn2)C1. The molecule has 2 N–H and O–H groups in total. The standard InChI is InChI=1S/C30H36N2O7S/c1-37-27-17-16-26(20-28(27)38-23-14-15-24(19-23)39-30-13-7-8-18-31-30)40(35,36)25(21-29(33)32-34)12-6-5-11-22-9-3-2-4-10-22/h2-4,7-10,13,16-18,20,23-25,34H,5-6,11-12,14-15,19,21H2,1H3,(H,32,33)/t23-,24-,25?/m1/s1. The molecule has 0 saturated heterocycles. The summed E-state index contributed by atoms with van der Waals surface area (Å²) in [5.74, 6) is 0.550. The van der Waals surface area contributed by atoms with Crippen molar-refractivity contribution in [2.24, 2.45) is 0 Å². The Morgan fingerprint density at radius 3 is 2.45 bits per heavy atom. The average molecular weight is 569 g/mol. The lowest BCUT2D eigenvalue weighted by Crippen LogP contribution is -2.30. The van der Waals surface area contributed by atoms with Gasteiger partial charge in [-0.1, -0.05) is 42.8 Å². The molecule has 1 saturated carbocycles. The zero-order chi connectivity index (χ0) is 28.4. The quantitative estimate of drug-likeness (QED) is 0.160. The molecule has 3 atom stereocenters. The van der Waals surface area contributed by atoms with E-state index in [-0.39, 0.29) is 29.9 Å². The van der Waals surface area contributed by atoms with Gasteiger partial charge in [-0.3, -0.25) is 10.0 Å². The molecule has 1 amide bonds. The first-order chi connectivity index (χ1) is 19.4. The Labute approximate surface area is 235 Å². The summed E-state index contributed by atoms with van der Waals surface area (Å²) in [5.41, 5.74) is 2.74. The number of hydroxylamine groups is 1. The summed E-state index contributed by atoms with van der Waals surface area (Å²) in [6.07, 6.45) is 5.70. The van der Waals surface area contributed by atoms with Crippen LogP contribution in [0.3, 0.4) is 0 Å². The highest BCUT2D eigenvalue weighted by Crippen LogP contribution is 2.36. The third-order valence-electron chi connectivity index (χ3n) is 7.08. The van der Waals surface area contributed by atoms with Crippen LogP contribution < -0.4 is 19.7 Å². The van der Waals surface area contributed by atoms with E-state index in [0.717, 1.165) is 25.7 Å². The predicted octanol–water partition coefficient (Wildman–Crippen LogP) is 4.92. The normalized spacial score (nSPS) is 17.6. The predicted molar refractivity (Wildman–Crippen MR) is 149 cm³/mol. The molecule has 214 valence electrons. The first-order valence-electron chi connectivity index (χ1n) is 13.5. The van der Waals surface area contributed by atoms with Crippen LogP contribution in [0.25, 0.3) is 0 Å². The number of nitrogens with one attached hydrogen (secondary N) is 1. The molecule has 1 unspecified atom stereocenters. The topological polar surface area (TPSA) is 124 Å². The van der Waals surface area contributed by atoms with Crippen molar-refractivity contribution in [2.45, 2.75) is 73.7 Å². The van der Waals surface area contributed by atoms with Gasteiger partial charge in [0.1, 0.15) is 12.2 Å². The van der Waals surface area contributed by atoms with Crippen molar-refractivity contribution < 1.29 is 32.6 Å². The third-order valence-corrected chi connectivity index (χ3v) is 9.27. The number of unbranched alkanes of at least 4 members (excludes halogenated alkanes) is 1. The highest BCUT2D eigenvalue weighted by atomic mass is 32.2. The van der Waals surface area contributed by atoms with E-state index in [1.807, 2.05) is 42.5 Å². The third kappa shape index (κ3) is 7.95. The maximum absolute atomic E-state index is 13.7. The maximum atomic E-state index is 13.7. The molecule has 2 aromatic carbocycles. The number of aromatic nitrogens is 1. The number of nitrogens with zero attached hydrogens (tertiary/aromatic N) is 1. The van der Waals surface area contributed by atoms with Crippen molar-refractivity contribution >= 4 is 15.7 Å². The van der Waals surface area contributed by atoms with Gasteiger partial charge in [0.25, 0.3) is 0 Å². The van der Waals surface area contributed by atoms with E-state index >= 15 is 0 Å². The Morgan fingerprint density at radius 1 is 1.00 bits per heavy atom. The van der Waals surface area contributed by atoms with Crippen LogP contribution in [0.4, 0.5) is 0 Å². The minimum absolute atomic E-state index is 0.0429. The smallest absolute Gasteiger partial charge is 0.244 e. The molecule has 10 heteroatoms. The lowest BCUT2D eigenvalue weighted by molar-refractivity contribution is -0.129. The number of amides is 1. The van der Waals surface area contributed by atoms with Gasteiger partial charge >= 0.3 is 0 Å². The van der Waals surface area contributed by atoms with Gasteiger partial charge in [0.15, 0.2) is 21.3 Å². The van der Waals surface area contributed by atoms with Crippen LogP contribution in [-0.2, 0) is 21.1 Å². The van der Waals surface area contributed by atoms with E-state index in [2.05, 4.69) is 4.98 Å². The maximum Gasteiger partial charge on any atom is 0.244 e. The molecule has 9 nitrogen and oxygen atoms in total. The van der Waals surface area contributed by atoms with Gasteiger partial charge < -0.3 is 14.2 Å². The molecule has 0 spiro atoms. The summed E-state index contributed by atoms with van der Waals surface area (Å²) < 4.78 is 45.0. The van der Waals surface area contributed by atoms with Crippen LogP contribution >= 0.6 is 0 Å². The number of carbonyl (C=O) groups excluding carboxylic acids is 1. The van der Waals surface area contributed by atoms with Crippen LogP contribution in [0, 0.1) is 0 Å². The Balaban J connectivity index is 1.44. The number of hydrogen-bond donors (Lipinski definition) is 2. The Bertz CT molecular complexity index is 1340. The fourth-order valence-corrected chi connectivity index (χ4v) is 6.73. The molecule has 1 aliphatic carbocycles. The zero-order valence-corrected chi connectivity index (χ0v) is 23.4. The van der Waals surface area contributed by atoms with Gasteiger partial charge in [0.2, 0.25) is 11.8 Å². The monoisotopic (exact) mass is 568 g/mol. The summed E-state index contributed by atoms with van der Waals surface area (Å²) >= 11 is 0. The second-order valence-electron chi connectivity index (χ2n) is 9.91. The van der Waals surface area contributed by atoms with Crippen molar-refractivity contribution in [3.05, 3.63) is 78.5 Å². The lowest BCUT2D eigenvalue weighted by Gasteiger charge is -2.20. The molecule has 0 bridgehead atoms. The highest BCUT2D eigenvalue weighted by Gasteiger charge is 2.32. The molecule has 4 rings (SSSR count). The molecule has 1 heterocycles. The first kappa shape index (κ1) is 29.4. The fourth-order valence-electron chi connectivity index (χ4n) is 4.97. The number of benzene rings is 2. The minimum Gasteiger partial charge on any atom is -0.493 e. The summed E-state index contributed by atoms with van der Waals surface area (Å²) in [4.78, 5) is 16.3. The van der Waals surface area contributed by atoms with E-state index in [4.69, 9.17) is 19.4 Å². The highest BCUT2D eigenvalue weighted by molar-refractivity contribution is 7.92. The van der Waals surface area contributed by atoms with Crippen LogP contribution in [0.2, 0.25) is 0 Å². The molecular weight excluding hydrogens is 532 g/mol. The minimum atomic E-state index is -3.92. The van der Waals surface area contributed by atoms with Gasteiger partial charge in [-0.15, -0.1) is 0 Å². The summed E-state index contributed by atoms with van der Waals surface area (Å²) in [6.45, 7) is 0. The average Bonchev–Trinajstić information content (AvgIpc) is 3.41. The van der Waals surface area contributed by atoms with E-state index < -0.39 is 21.0 Å². The number of hydrogen-bond acceptors (Lipinski definition) is 8. The van der Waals surface area contributed by atoms with Crippen LogP contribution in [0.5, 0.6) is 17.4 Å². The number of rotatable bonds is 14. The van der Waals surface area contributed by atoms with E-state index in [1.165, 1.54) is 24.8 Å². The number of ether oxygens (including phenoxy) is 3. The van der Waals surface area contributed by atoms with Crippen molar-refractivity contribution in [2.75, 3.05) is 7.11 Å². The van der Waals surface area contributed by atoms with Crippen LogP contribution in [0.1, 0.15) is 50.5 Å². The second-order valence-corrected chi connectivity index (χ2v) is 12.1. The van der Waals surface area contributed by atoms with Crippen molar-refractivity contribution in [3.8, 4) is 17.4 Å². The molecule has 0 aliphatic heterocycles. The number of methoxy groups -OCH3 is 1. The van der Waals surface area contributed by atoms with Crippen molar-refractivity contribution in [1.29, 1.82) is 0 Å². The Kier molecular flexibility index (Phi) is 10.4.